The molecule has 3 heterocycles. The molecule has 0 aliphatic carbocycles. The number of hydrogen-bond acceptors (Lipinski definition) is 3. The maximum atomic E-state index is 12.2. The quantitative estimate of drug-likeness (QED) is 0.858. The molecule has 2 bridgehead atoms. The molecule has 2 aliphatic heterocycles. The Balaban J connectivity index is 1.97. The minimum Gasteiger partial charge on any atom is -0.385 e. The third kappa shape index (κ3) is 2.36. The summed E-state index contributed by atoms with van der Waals surface area (Å²) in [6.45, 7) is 3.92. The highest BCUT2D eigenvalue weighted by Gasteiger charge is 2.46. The number of hydrogen-bond donors (Lipinski definition) is 1. The third-order valence-corrected chi connectivity index (χ3v) is 6.58. The summed E-state index contributed by atoms with van der Waals surface area (Å²) in [5.74, 6) is 0. The van der Waals surface area contributed by atoms with E-state index in [-0.39, 0.29) is 10.5 Å². The van der Waals surface area contributed by atoms with Crippen molar-refractivity contribution in [1.29, 1.82) is 0 Å². The van der Waals surface area contributed by atoms with Gasteiger partial charge in [-0.3, -0.25) is 9.19 Å². The van der Waals surface area contributed by atoms with Gasteiger partial charge in [-0.1, -0.05) is 6.42 Å². The second kappa shape index (κ2) is 4.67. The number of rotatable bonds is 1. The van der Waals surface area contributed by atoms with Crippen LogP contribution >= 0.6 is 0 Å². The molecule has 0 saturated carbocycles. The van der Waals surface area contributed by atoms with E-state index < -0.39 is 16.4 Å². The largest absolute Gasteiger partial charge is 0.385 e. The van der Waals surface area contributed by atoms with Crippen LogP contribution < -0.4 is 0 Å². The van der Waals surface area contributed by atoms with E-state index in [1.807, 2.05) is 26.0 Å². The first-order valence-electron chi connectivity index (χ1n) is 7.05. The fourth-order valence-corrected chi connectivity index (χ4v) is 5.84. The summed E-state index contributed by atoms with van der Waals surface area (Å²) >= 11 is 0. The van der Waals surface area contributed by atoms with Gasteiger partial charge in [0.05, 0.1) is 5.60 Å². The number of nitrogens with zero attached hydrogens (tertiary/aromatic N) is 1. The smallest absolute Gasteiger partial charge is 0.0920 e. The molecule has 1 N–H and O–H groups in total. The Hall–Kier alpha value is -0.740. The van der Waals surface area contributed by atoms with Gasteiger partial charge in [0.25, 0.3) is 0 Å². The van der Waals surface area contributed by atoms with Crippen molar-refractivity contribution >= 4 is 10.8 Å². The van der Waals surface area contributed by atoms with Gasteiger partial charge in [-0.05, 0) is 57.2 Å². The van der Waals surface area contributed by atoms with Crippen molar-refractivity contribution in [3.63, 3.8) is 0 Å². The van der Waals surface area contributed by atoms with Gasteiger partial charge in [-0.2, -0.15) is 0 Å². The van der Waals surface area contributed by atoms with E-state index in [4.69, 9.17) is 0 Å². The Morgan fingerprint density at radius 3 is 2.26 bits per heavy atom. The van der Waals surface area contributed by atoms with E-state index in [1.54, 1.807) is 0 Å². The molecule has 2 fully saturated rings. The molecular weight excluding hydrogens is 258 g/mol. The standard InChI is InChI=1S/C15H21NO2S/c1-10-6-12(7-11(2)16-10)15(17)8-13-4-3-5-14(9-15)19(13)18/h6-7,13-14,17H,3-5,8-9H2,1-2H3. The first-order valence-corrected chi connectivity index (χ1v) is 8.33. The average molecular weight is 279 g/mol. The number of pyridine rings is 1. The summed E-state index contributed by atoms with van der Waals surface area (Å²) in [5, 5.41) is 11.4. The lowest BCUT2D eigenvalue weighted by Crippen LogP contribution is -2.47. The molecule has 19 heavy (non-hydrogen) atoms. The van der Waals surface area contributed by atoms with Crippen molar-refractivity contribution in [2.45, 2.75) is 62.1 Å². The Morgan fingerprint density at radius 1 is 1.21 bits per heavy atom. The Morgan fingerprint density at radius 2 is 1.74 bits per heavy atom. The molecule has 2 atom stereocenters. The number of aryl methyl sites for hydroxylation is 2. The van der Waals surface area contributed by atoms with E-state index in [0.717, 1.165) is 36.2 Å². The van der Waals surface area contributed by atoms with Crippen LogP contribution in [0.2, 0.25) is 0 Å². The predicted octanol–water partition coefficient (Wildman–Crippen LogP) is 2.35. The van der Waals surface area contributed by atoms with Crippen molar-refractivity contribution in [3.8, 4) is 0 Å². The molecule has 4 heteroatoms. The van der Waals surface area contributed by atoms with Crippen LogP contribution in [0, 0.1) is 13.8 Å². The van der Waals surface area contributed by atoms with Gasteiger partial charge in [-0.25, -0.2) is 0 Å². The van der Waals surface area contributed by atoms with E-state index >= 15 is 0 Å². The summed E-state index contributed by atoms with van der Waals surface area (Å²) in [6, 6.07) is 3.97. The van der Waals surface area contributed by atoms with Crippen molar-refractivity contribution in [2.24, 2.45) is 0 Å². The fourth-order valence-electron chi connectivity index (χ4n) is 3.62. The van der Waals surface area contributed by atoms with Gasteiger partial charge in [0.15, 0.2) is 0 Å². The molecular formula is C15H21NO2S. The zero-order chi connectivity index (χ0) is 13.6. The van der Waals surface area contributed by atoms with Crippen LogP contribution in [0.4, 0.5) is 0 Å². The second-order valence-electron chi connectivity index (χ2n) is 6.08. The molecule has 3 nitrogen and oxygen atoms in total. The highest BCUT2D eigenvalue weighted by molar-refractivity contribution is 7.86. The van der Waals surface area contributed by atoms with E-state index in [0.29, 0.717) is 12.8 Å². The molecule has 2 saturated heterocycles. The summed E-state index contributed by atoms with van der Waals surface area (Å²) in [4.78, 5) is 4.38. The van der Waals surface area contributed by atoms with Gasteiger partial charge in [-0.15, -0.1) is 0 Å². The summed E-state index contributed by atoms with van der Waals surface area (Å²) in [7, 11) is -0.743. The van der Waals surface area contributed by atoms with Gasteiger partial charge < -0.3 is 5.11 Å². The van der Waals surface area contributed by atoms with Crippen molar-refractivity contribution in [3.05, 3.63) is 29.1 Å². The van der Waals surface area contributed by atoms with Gasteiger partial charge in [0.1, 0.15) is 0 Å². The van der Waals surface area contributed by atoms with Crippen LogP contribution in [0.15, 0.2) is 12.1 Å². The topological polar surface area (TPSA) is 50.2 Å². The van der Waals surface area contributed by atoms with E-state index in [2.05, 4.69) is 4.98 Å². The van der Waals surface area contributed by atoms with E-state index in [9.17, 15) is 9.32 Å². The zero-order valence-electron chi connectivity index (χ0n) is 11.6. The highest BCUT2D eigenvalue weighted by atomic mass is 32.2. The number of aromatic nitrogens is 1. The minimum absolute atomic E-state index is 0.172. The summed E-state index contributed by atoms with van der Waals surface area (Å²) < 4.78 is 12.2. The molecule has 0 spiro atoms. The maximum absolute atomic E-state index is 12.2. The first-order chi connectivity index (χ1) is 8.98. The average Bonchev–Trinajstić information content (AvgIpc) is 2.30. The molecule has 0 aromatic carbocycles. The number of fused-ring (bicyclic) bond motifs is 2. The van der Waals surface area contributed by atoms with Crippen LogP contribution in [0.25, 0.3) is 0 Å². The first kappa shape index (κ1) is 13.3. The predicted molar refractivity (Wildman–Crippen MR) is 76.4 cm³/mol. The minimum atomic E-state index is -0.803. The van der Waals surface area contributed by atoms with Gasteiger partial charge >= 0.3 is 0 Å². The van der Waals surface area contributed by atoms with Crippen LogP contribution in [-0.4, -0.2) is 24.8 Å². The van der Waals surface area contributed by atoms with Crippen LogP contribution in [0.3, 0.4) is 0 Å². The van der Waals surface area contributed by atoms with Gasteiger partial charge in [0.2, 0.25) is 0 Å². The molecule has 1 aromatic heterocycles. The normalized spacial score (nSPS) is 38.2. The van der Waals surface area contributed by atoms with Crippen molar-refractivity contribution in [1.82, 2.24) is 4.98 Å². The van der Waals surface area contributed by atoms with Gasteiger partial charge in [0, 0.05) is 32.7 Å². The molecule has 0 radical (unpaired) electrons. The molecule has 2 unspecified atom stereocenters. The molecule has 2 aliphatic rings. The molecule has 104 valence electrons. The Bertz CT molecular complexity index is 493. The van der Waals surface area contributed by atoms with Crippen molar-refractivity contribution in [2.75, 3.05) is 0 Å². The SMILES string of the molecule is Cc1cc(C2(O)CC3CCCC(C2)S3=O)cc(C)n1. The summed E-state index contributed by atoms with van der Waals surface area (Å²) in [6.07, 6.45) is 4.42. The van der Waals surface area contributed by atoms with Crippen LogP contribution in [0.1, 0.15) is 49.1 Å². The lowest BCUT2D eigenvalue weighted by molar-refractivity contribution is 0.00635. The lowest BCUT2D eigenvalue weighted by atomic mass is 9.80. The monoisotopic (exact) mass is 279 g/mol. The van der Waals surface area contributed by atoms with Crippen molar-refractivity contribution < 1.29 is 9.32 Å². The van der Waals surface area contributed by atoms with Crippen LogP contribution in [-0.2, 0) is 16.4 Å². The molecule has 1 aromatic rings. The molecule has 0 amide bonds. The van der Waals surface area contributed by atoms with E-state index in [1.165, 1.54) is 0 Å². The zero-order valence-corrected chi connectivity index (χ0v) is 12.4. The highest BCUT2D eigenvalue weighted by Crippen LogP contribution is 2.44. The Kier molecular flexibility index (Phi) is 3.26. The Labute approximate surface area is 116 Å². The molecule has 3 rings (SSSR count). The number of aliphatic hydroxyl groups is 1. The van der Waals surface area contributed by atoms with Crippen LogP contribution in [0.5, 0.6) is 0 Å². The second-order valence-corrected chi connectivity index (χ2v) is 8.07. The lowest BCUT2D eigenvalue weighted by Gasteiger charge is -2.43. The summed E-state index contributed by atoms with van der Waals surface area (Å²) in [5.41, 5.74) is 2.05. The third-order valence-electron chi connectivity index (χ3n) is 4.46. The fraction of sp³-hybridized carbons (Fsp3) is 0.667. The maximum Gasteiger partial charge on any atom is 0.0920 e.